The fourth-order valence-electron chi connectivity index (χ4n) is 2.10. The lowest BCUT2D eigenvalue weighted by molar-refractivity contribution is 0.423. The van der Waals surface area contributed by atoms with Crippen LogP contribution in [0.2, 0.25) is 0 Å². The van der Waals surface area contributed by atoms with Gasteiger partial charge in [0.15, 0.2) is 11.6 Å². The van der Waals surface area contributed by atoms with E-state index in [2.05, 4.69) is 10.4 Å². The molecule has 4 nitrogen and oxygen atoms in total. The van der Waals surface area contributed by atoms with Gasteiger partial charge in [-0.15, -0.1) is 0 Å². The smallest absolute Gasteiger partial charge is 0.165 e. The van der Waals surface area contributed by atoms with E-state index in [0.29, 0.717) is 18.7 Å². The molecule has 2 N–H and O–H groups in total. The molecule has 0 aliphatic rings. The lowest BCUT2D eigenvalue weighted by Crippen LogP contribution is -2.14. The zero-order valence-corrected chi connectivity index (χ0v) is 11.4. The van der Waals surface area contributed by atoms with Crippen LogP contribution in [0.3, 0.4) is 0 Å². The highest BCUT2D eigenvalue weighted by molar-refractivity contribution is 5.33. The molecule has 102 valence electrons. The van der Waals surface area contributed by atoms with E-state index in [1.165, 1.54) is 6.07 Å². The molecular formula is C14H18FN3O. The molecule has 0 bridgehead atoms. The Hall–Kier alpha value is -1.88. The van der Waals surface area contributed by atoms with Crippen molar-refractivity contribution in [1.82, 2.24) is 15.1 Å². The number of halogens is 1. The van der Waals surface area contributed by atoms with Crippen molar-refractivity contribution in [2.75, 3.05) is 0 Å². The Bertz CT molecular complexity index is 593. The van der Waals surface area contributed by atoms with Crippen LogP contribution < -0.4 is 5.32 Å². The van der Waals surface area contributed by atoms with Crippen molar-refractivity contribution in [1.29, 1.82) is 0 Å². The molecular weight excluding hydrogens is 245 g/mol. The summed E-state index contributed by atoms with van der Waals surface area (Å²) >= 11 is 0. The molecule has 1 aromatic heterocycles. The standard InChI is InChI=1S/C14H18FN3O/c1-9-12(10(2)18(3)17-9)8-16-7-11-5-4-6-13(15)14(11)19/h4-6,16,19H,7-8H2,1-3H3. The third-order valence-corrected chi connectivity index (χ3v) is 3.35. The van der Waals surface area contributed by atoms with Crippen LogP contribution in [-0.4, -0.2) is 14.9 Å². The van der Waals surface area contributed by atoms with Gasteiger partial charge in [0.1, 0.15) is 0 Å². The maximum absolute atomic E-state index is 13.2. The van der Waals surface area contributed by atoms with Gasteiger partial charge in [-0.05, 0) is 19.9 Å². The molecule has 0 fully saturated rings. The van der Waals surface area contributed by atoms with Crippen LogP contribution in [0.1, 0.15) is 22.5 Å². The Kier molecular flexibility index (Phi) is 3.85. The summed E-state index contributed by atoms with van der Waals surface area (Å²) in [7, 11) is 1.91. The van der Waals surface area contributed by atoms with Crippen LogP contribution in [0, 0.1) is 19.7 Å². The number of benzene rings is 1. The fourth-order valence-corrected chi connectivity index (χ4v) is 2.10. The molecule has 0 aliphatic heterocycles. The number of aromatic hydroxyl groups is 1. The number of hydrogen-bond donors (Lipinski definition) is 2. The van der Waals surface area contributed by atoms with E-state index in [9.17, 15) is 9.50 Å². The second-order valence-corrected chi connectivity index (χ2v) is 4.62. The van der Waals surface area contributed by atoms with E-state index >= 15 is 0 Å². The highest BCUT2D eigenvalue weighted by Gasteiger charge is 2.10. The normalized spacial score (nSPS) is 10.9. The quantitative estimate of drug-likeness (QED) is 0.889. The molecule has 0 saturated carbocycles. The fraction of sp³-hybridized carbons (Fsp3) is 0.357. The summed E-state index contributed by atoms with van der Waals surface area (Å²) in [6.45, 7) is 5.03. The number of para-hydroxylation sites is 1. The Morgan fingerprint density at radius 1 is 1.32 bits per heavy atom. The van der Waals surface area contributed by atoms with Gasteiger partial charge < -0.3 is 10.4 Å². The van der Waals surface area contributed by atoms with Gasteiger partial charge in [-0.3, -0.25) is 4.68 Å². The number of aromatic nitrogens is 2. The average molecular weight is 263 g/mol. The van der Waals surface area contributed by atoms with Gasteiger partial charge in [0.2, 0.25) is 0 Å². The van der Waals surface area contributed by atoms with Gasteiger partial charge >= 0.3 is 0 Å². The van der Waals surface area contributed by atoms with E-state index in [-0.39, 0.29) is 5.75 Å². The summed E-state index contributed by atoms with van der Waals surface area (Å²) < 4.78 is 15.0. The van der Waals surface area contributed by atoms with Crippen LogP contribution in [-0.2, 0) is 20.1 Å². The molecule has 2 rings (SSSR count). The monoisotopic (exact) mass is 263 g/mol. The van der Waals surface area contributed by atoms with Crippen molar-refractivity contribution in [2.45, 2.75) is 26.9 Å². The van der Waals surface area contributed by atoms with E-state index in [0.717, 1.165) is 17.0 Å². The van der Waals surface area contributed by atoms with Crippen molar-refractivity contribution in [3.8, 4) is 5.75 Å². The molecule has 0 unspecified atom stereocenters. The summed E-state index contributed by atoms with van der Waals surface area (Å²) in [4.78, 5) is 0. The lowest BCUT2D eigenvalue weighted by Gasteiger charge is -2.08. The van der Waals surface area contributed by atoms with Gasteiger partial charge in [0.05, 0.1) is 5.69 Å². The second kappa shape index (κ2) is 5.40. The van der Waals surface area contributed by atoms with Gasteiger partial charge in [0, 0.05) is 37.0 Å². The first-order valence-corrected chi connectivity index (χ1v) is 6.17. The van der Waals surface area contributed by atoms with Crippen LogP contribution in [0.4, 0.5) is 4.39 Å². The van der Waals surface area contributed by atoms with E-state index in [1.807, 2.05) is 25.6 Å². The highest BCUT2D eigenvalue weighted by Crippen LogP contribution is 2.20. The minimum absolute atomic E-state index is 0.283. The van der Waals surface area contributed by atoms with Crippen LogP contribution in [0.15, 0.2) is 18.2 Å². The first-order chi connectivity index (χ1) is 9.00. The molecule has 0 spiro atoms. The van der Waals surface area contributed by atoms with Crippen molar-refractivity contribution >= 4 is 0 Å². The third-order valence-electron chi connectivity index (χ3n) is 3.35. The third kappa shape index (κ3) is 2.76. The molecule has 0 saturated heterocycles. The van der Waals surface area contributed by atoms with Crippen LogP contribution in [0.25, 0.3) is 0 Å². The summed E-state index contributed by atoms with van der Waals surface area (Å²) in [5, 5.41) is 17.1. The highest BCUT2D eigenvalue weighted by atomic mass is 19.1. The number of hydrogen-bond acceptors (Lipinski definition) is 3. The SMILES string of the molecule is Cc1nn(C)c(C)c1CNCc1cccc(F)c1O. The molecule has 5 heteroatoms. The maximum Gasteiger partial charge on any atom is 0.165 e. The Morgan fingerprint density at radius 2 is 2.05 bits per heavy atom. The first-order valence-electron chi connectivity index (χ1n) is 6.17. The molecule has 1 heterocycles. The van der Waals surface area contributed by atoms with E-state index < -0.39 is 5.82 Å². The average Bonchev–Trinajstić information content (AvgIpc) is 2.61. The number of nitrogens with one attached hydrogen (secondary N) is 1. The Balaban J connectivity index is 2.02. The lowest BCUT2D eigenvalue weighted by atomic mass is 10.1. The number of phenols is 1. The topological polar surface area (TPSA) is 50.1 Å². The van der Waals surface area contributed by atoms with E-state index in [4.69, 9.17) is 0 Å². The minimum Gasteiger partial charge on any atom is -0.505 e. The molecule has 0 atom stereocenters. The molecule has 2 aromatic rings. The van der Waals surface area contributed by atoms with E-state index in [1.54, 1.807) is 12.1 Å². The molecule has 19 heavy (non-hydrogen) atoms. The molecule has 0 aliphatic carbocycles. The molecule has 1 aromatic carbocycles. The van der Waals surface area contributed by atoms with Crippen molar-refractivity contribution < 1.29 is 9.50 Å². The molecule has 0 amide bonds. The number of aryl methyl sites for hydroxylation is 2. The van der Waals surface area contributed by atoms with Gasteiger partial charge in [-0.1, -0.05) is 12.1 Å². The Labute approximate surface area is 111 Å². The van der Waals surface area contributed by atoms with Gasteiger partial charge in [-0.25, -0.2) is 4.39 Å². The van der Waals surface area contributed by atoms with Crippen molar-refractivity contribution in [2.24, 2.45) is 7.05 Å². The van der Waals surface area contributed by atoms with Crippen molar-refractivity contribution in [3.05, 3.63) is 46.5 Å². The number of rotatable bonds is 4. The van der Waals surface area contributed by atoms with Crippen LogP contribution >= 0.6 is 0 Å². The largest absolute Gasteiger partial charge is 0.505 e. The number of nitrogens with zero attached hydrogens (tertiary/aromatic N) is 2. The number of phenolic OH excluding ortho intramolecular Hbond substituents is 1. The zero-order valence-electron chi connectivity index (χ0n) is 11.4. The predicted molar refractivity (Wildman–Crippen MR) is 71.3 cm³/mol. The van der Waals surface area contributed by atoms with Gasteiger partial charge in [-0.2, -0.15) is 5.10 Å². The van der Waals surface area contributed by atoms with Crippen LogP contribution in [0.5, 0.6) is 5.75 Å². The molecule has 0 radical (unpaired) electrons. The summed E-state index contributed by atoms with van der Waals surface area (Å²) in [5.74, 6) is -0.873. The summed E-state index contributed by atoms with van der Waals surface area (Å²) in [6.07, 6.45) is 0. The van der Waals surface area contributed by atoms with Gasteiger partial charge in [0.25, 0.3) is 0 Å². The first kappa shape index (κ1) is 13.5. The maximum atomic E-state index is 13.2. The zero-order chi connectivity index (χ0) is 14.0. The predicted octanol–water partition coefficient (Wildman–Crippen LogP) is 2.17. The van der Waals surface area contributed by atoms with Crippen molar-refractivity contribution in [3.63, 3.8) is 0 Å². The second-order valence-electron chi connectivity index (χ2n) is 4.62. The summed E-state index contributed by atoms with van der Waals surface area (Å²) in [5.41, 5.74) is 3.78. The minimum atomic E-state index is -0.590. The Morgan fingerprint density at radius 3 is 2.68 bits per heavy atom. The summed E-state index contributed by atoms with van der Waals surface area (Å²) in [6, 6.07) is 4.54.